The van der Waals surface area contributed by atoms with Crippen LogP contribution in [0.5, 0.6) is 0 Å². The third-order valence-electron chi connectivity index (χ3n) is 5.28. The molecule has 2 atom stereocenters. The minimum Gasteiger partial charge on any atom is -0.338 e. The van der Waals surface area contributed by atoms with Crippen molar-refractivity contribution in [2.45, 2.75) is 25.4 Å². The molecule has 0 radical (unpaired) electrons. The Morgan fingerprint density at radius 2 is 1.71 bits per heavy atom. The Balaban J connectivity index is 1.37. The molecular weight excluding hydrogens is 356 g/mol. The summed E-state index contributed by atoms with van der Waals surface area (Å²) in [5, 5.41) is 0. The molecule has 2 unspecified atom stereocenters. The zero-order chi connectivity index (χ0) is 19.5. The number of hydrogen-bond donors (Lipinski definition) is 2. The Kier molecular flexibility index (Phi) is 5.31. The molecule has 2 fully saturated rings. The van der Waals surface area contributed by atoms with Crippen LogP contribution in [-0.4, -0.2) is 64.8 Å². The van der Waals surface area contributed by atoms with Crippen LogP contribution in [-0.2, 0) is 9.59 Å². The lowest BCUT2D eigenvalue weighted by Gasteiger charge is -2.35. The topological polar surface area (TPSA) is 90.5 Å². The molecule has 0 bridgehead atoms. The highest BCUT2D eigenvalue weighted by Gasteiger charge is 2.35. The van der Waals surface area contributed by atoms with Gasteiger partial charge >= 0.3 is 0 Å². The fourth-order valence-corrected chi connectivity index (χ4v) is 3.60. The summed E-state index contributed by atoms with van der Waals surface area (Å²) in [7, 11) is 0. The zero-order valence-corrected chi connectivity index (χ0v) is 15.8. The summed E-state index contributed by atoms with van der Waals surface area (Å²) in [4.78, 5) is 37.2. The van der Waals surface area contributed by atoms with Gasteiger partial charge in [0.05, 0.1) is 11.7 Å². The van der Waals surface area contributed by atoms with Crippen molar-refractivity contribution in [2.24, 2.45) is 0 Å². The first kappa shape index (κ1) is 18.5. The van der Waals surface area contributed by atoms with Gasteiger partial charge in [0.25, 0.3) is 0 Å². The van der Waals surface area contributed by atoms with E-state index in [0.717, 1.165) is 11.3 Å². The smallest absolute Gasteiger partial charge is 0.241 e. The molecule has 28 heavy (non-hydrogen) atoms. The number of nitrogens with one attached hydrogen (secondary N) is 2. The van der Waals surface area contributed by atoms with Gasteiger partial charge in [-0.25, -0.2) is 20.8 Å². The number of carbonyl (C=O) groups is 2. The van der Waals surface area contributed by atoms with E-state index in [0.29, 0.717) is 38.5 Å². The van der Waals surface area contributed by atoms with Crippen LogP contribution in [0, 0.1) is 0 Å². The van der Waals surface area contributed by atoms with Crippen molar-refractivity contribution in [3.8, 4) is 11.3 Å². The van der Waals surface area contributed by atoms with Gasteiger partial charge in [-0.2, -0.15) is 0 Å². The van der Waals surface area contributed by atoms with E-state index >= 15 is 0 Å². The molecule has 1 aromatic carbocycles. The molecule has 4 rings (SSSR count). The fraction of sp³-hybridized carbons (Fsp3) is 0.400. The molecule has 8 heteroatoms. The van der Waals surface area contributed by atoms with Crippen molar-refractivity contribution in [1.82, 2.24) is 25.7 Å². The highest BCUT2D eigenvalue weighted by Crippen LogP contribution is 2.20. The highest BCUT2D eigenvalue weighted by atomic mass is 16.2. The number of Topliss-reactive ketones (excluding diaryl/α,β-unsaturated/α-hetero) is 1. The third-order valence-corrected chi connectivity index (χ3v) is 5.28. The number of benzene rings is 1. The summed E-state index contributed by atoms with van der Waals surface area (Å²) in [6.07, 6.45) is 2.27. The van der Waals surface area contributed by atoms with Gasteiger partial charge in [0, 0.05) is 37.9 Å². The van der Waals surface area contributed by atoms with Crippen LogP contribution in [0.15, 0.2) is 42.6 Å². The summed E-state index contributed by atoms with van der Waals surface area (Å²) < 4.78 is 0. The molecule has 2 saturated heterocycles. The molecule has 0 saturated carbocycles. The summed E-state index contributed by atoms with van der Waals surface area (Å²) in [5.41, 5.74) is 7.80. The number of hydrazine groups is 1. The Labute approximate surface area is 163 Å². The van der Waals surface area contributed by atoms with Crippen LogP contribution in [0.2, 0.25) is 0 Å². The van der Waals surface area contributed by atoms with Gasteiger partial charge in [-0.15, -0.1) is 0 Å². The van der Waals surface area contributed by atoms with Gasteiger partial charge in [-0.1, -0.05) is 30.3 Å². The molecule has 8 nitrogen and oxygen atoms in total. The number of amides is 1. The van der Waals surface area contributed by atoms with E-state index < -0.39 is 0 Å². The van der Waals surface area contributed by atoms with E-state index in [1.54, 1.807) is 6.20 Å². The zero-order valence-electron chi connectivity index (χ0n) is 15.8. The van der Waals surface area contributed by atoms with Gasteiger partial charge in [0.1, 0.15) is 11.8 Å². The molecular formula is C20H24N6O2. The third kappa shape index (κ3) is 3.88. The molecule has 2 aliphatic heterocycles. The molecule has 1 amide bonds. The second-order valence-corrected chi connectivity index (χ2v) is 7.16. The van der Waals surface area contributed by atoms with E-state index in [-0.39, 0.29) is 23.8 Å². The Hall–Kier alpha value is -2.84. The second kappa shape index (κ2) is 8.04. The first-order chi connectivity index (χ1) is 13.6. The Morgan fingerprint density at radius 1 is 1.00 bits per heavy atom. The second-order valence-electron chi connectivity index (χ2n) is 7.16. The number of ketones is 1. The fourth-order valence-electron chi connectivity index (χ4n) is 3.60. The summed E-state index contributed by atoms with van der Waals surface area (Å²) in [6.45, 7) is 4.12. The van der Waals surface area contributed by atoms with Crippen molar-refractivity contribution >= 4 is 17.6 Å². The number of aromatic nitrogens is 2. The van der Waals surface area contributed by atoms with Crippen LogP contribution in [0.4, 0.5) is 5.95 Å². The summed E-state index contributed by atoms with van der Waals surface area (Å²) in [5.74, 6) is 0.767. The average Bonchev–Trinajstić information content (AvgIpc) is 3.25. The van der Waals surface area contributed by atoms with E-state index in [1.807, 2.05) is 41.3 Å². The van der Waals surface area contributed by atoms with Gasteiger partial charge in [-0.05, 0) is 19.4 Å². The van der Waals surface area contributed by atoms with Crippen molar-refractivity contribution in [3.05, 3.63) is 42.6 Å². The van der Waals surface area contributed by atoms with Crippen molar-refractivity contribution in [2.75, 3.05) is 31.1 Å². The minimum atomic E-state index is -0.349. The summed E-state index contributed by atoms with van der Waals surface area (Å²) in [6, 6.07) is 11.3. The molecule has 0 spiro atoms. The number of piperazine rings is 1. The number of nitrogens with zero attached hydrogens (tertiary/aromatic N) is 4. The normalized spacial score (nSPS) is 22.3. The molecule has 146 valence electrons. The van der Waals surface area contributed by atoms with Gasteiger partial charge in [0.2, 0.25) is 11.9 Å². The van der Waals surface area contributed by atoms with Gasteiger partial charge in [-0.3, -0.25) is 9.59 Å². The predicted molar refractivity (Wildman–Crippen MR) is 105 cm³/mol. The Morgan fingerprint density at radius 3 is 2.39 bits per heavy atom. The van der Waals surface area contributed by atoms with Gasteiger partial charge in [0.15, 0.2) is 0 Å². The number of rotatable bonds is 4. The highest BCUT2D eigenvalue weighted by molar-refractivity contribution is 5.86. The maximum absolute atomic E-state index is 12.7. The van der Waals surface area contributed by atoms with E-state index in [1.165, 1.54) is 6.92 Å². The first-order valence-corrected chi connectivity index (χ1v) is 9.55. The largest absolute Gasteiger partial charge is 0.338 e. The molecule has 1 aromatic heterocycles. The van der Waals surface area contributed by atoms with E-state index in [4.69, 9.17) is 4.98 Å². The van der Waals surface area contributed by atoms with E-state index in [2.05, 4.69) is 20.7 Å². The maximum atomic E-state index is 12.7. The van der Waals surface area contributed by atoms with Crippen LogP contribution >= 0.6 is 0 Å². The molecule has 2 aromatic rings. The maximum Gasteiger partial charge on any atom is 0.241 e. The van der Waals surface area contributed by atoms with Crippen molar-refractivity contribution in [1.29, 1.82) is 0 Å². The van der Waals surface area contributed by atoms with Crippen molar-refractivity contribution in [3.63, 3.8) is 0 Å². The first-order valence-electron chi connectivity index (χ1n) is 9.55. The van der Waals surface area contributed by atoms with Gasteiger partial charge < -0.3 is 9.80 Å². The molecule has 3 heterocycles. The average molecular weight is 380 g/mol. The van der Waals surface area contributed by atoms with Crippen LogP contribution in [0.1, 0.15) is 13.3 Å². The minimum absolute atomic E-state index is 0.0369. The molecule has 2 N–H and O–H groups in total. The monoisotopic (exact) mass is 380 g/mol. The van der Waals surface area contributed by atoms with Crippen LogP contribution in [0.25, 0.3) is 11.3 Å². The van der Waals surface area contributed by atoms with Crippen LogP contribution < -0.4 is 15.8 Å². The summed E-state index contributed by atoms with van der Waals surface area (Å²) >= 11 is 0. The Bertz CT molecular complexity index is 851. The predicted octanol–water partition coefficient (Wildman–Crippen LogP) is 0.616. The quantitative estimate of drug-likeness (QED) is 0.803. The molecule has 2 aliphatic rings. The van der Waals surface area contributed by atoms with E-state index in [9.17, 15) is 9.59 Å². The lowest BCUT2D eigenvalue weighted by molar-refractivity contribution is -0.133. The SMILES string of the molecule is CC(=O)C1CC(C(=O)N2CCN(c3nccc(-c4ccccc4)n3)CC2)NN1. The lowest BCUT2D eigenvalue weighted by atomic mass is 10.1. The number of carbonyl (C=O) groups excluding carboxylic acids is 2. The standard InChI is InChI=1S/C20H24N6O2/c1-14(27)17-13-18(24-23-17)19(28)25-9-11-26(12-10-25)20-21-8-7-16(22-20)15-5-3-2-4-6-15/h2-8,17-18,23-24H,9-13H2,1H3. The lowest BCUT2D eigenvalue weighted by Crippen LogP contribution is -2.54. The number of anilines is 1. The molecule has 0 aliphatic carbocycles. The van der Waals surface area contributed by atoms with Crippen molar-refractivity contribution < 1.29 is 9.59 Å². The number of hydrogen-bond acceptors (Lipinski definition) is 7. The van der Waals surface area contributed by atoms with Crippen LogP contribution in [0.3, 0.4) is 0 Å².